The Kier molecular flexibility index (Phi) is 5.00. The normalized spacial score (nSPS) is 19.0. The average Bonchev–Trinajstić information content (AvgIpc) is 2.03. The van der Waals surface area contributed by atoms with E-state index in [0.717, 1.165) is 0 Å². The predicted octanol–water partition coefficient (Wildman–Crippen LogP) is -0.575. The fourth-order valence-electron chi connectivity index (χ4n) is 1.02. The molecule has 0 aliphatic carbocycles. The van der Waals surface area contributed by atoms with Crippen LogP contribution in [0.4, 0.5) is 0 Å². The smallest absolute Gasteiger partial charge is 0.116 e. The minimum absolute atomic E-state index is 0.541. The zero-order valence-electron chi connectivity index (χ0n) is 8.17. The maximum atomic E-state index is 9.90. The van der Waals surface area contributed by atoms with Crippen LogP contribution in [0.25, 0.3) is 0 Å². The molecular weight excluding hydrogens is 191 g/mol. The number of hydrogen-bond donors (Lipinski definition) is 4. The van der Waals surface area contributed by atoms with E-state index >= 15 is 0 Å². The molecule has 0 amide bonds. The molecule has 0 aliphatic heterocycles. The quantitative estimate of drug-likeness (QED) is 0.263. The van der Waals surface area contributed by atoms with Gasteiger partial charge in [-0.3, -0.25) is 10.5 Å². The van der Waals surface area contributed by atoms with Crippen LogP contribution in [0.3, 0.4) is 0 Å². The summed E-state index contributed by atoms with van der Waals surface area (Å²) in [6.07, 6.45) is -1.49. The van der Waals surface area contributed by atoms with Crippen molar-refractivity contribution in [3.05, 3.63) is 0 Å². The SMILES string of the molecule is [B]C(C)(C)C(O)(COO)C(O)COO. The van der Waals surface area contributed by atoms with Crippen molar-refractivity contribution < 1.29 is 30.5 Å². The molecule has 2 unspecified atom stereocenters. The van der Waals surface area contributed by atoms with Gasteiger partial charge in [0.15, 0.2) is 0 Å². The fraction of sp³-hybridized carbons (Fsp3) is 1.00. The molecule has 0 saturated carbocycles. The Hall–Kier alpha value is -0.175. The topological polar surface area (TPSA) is 99.4 Å². The molecule has 6 nitrogen and oxygen atoms in total. The van der Waals surface area contributed by atoms with Crippen LogP contribution in [0.5, 0.6) is 0 Å². The summed E-state index contributed by atoms with van der Waals surface area (Å²) in [5, 5.41) is 34.5. The Morgan fingerprint density at radius 2 is 1.79 bits per heavy atom. The summed E-state index contributed by atoms with van der Waals surface area (Å²) in [6, 6.07) is 0. The highest BCUT2D eigenvalue weighted by Gasteiger charge is 2.46. The molecule has 0 bridgehead atoms. The van der Waals surface area contributed by atoms with Crippen LogP contribution in [-0.2, 0) is 9.78 Å². The fourth-order valence-corrected chi connectivity index (χ4v) is 1.02. The first-order valence-corrected chi connectivity index (χ1v) is 4.01. The van der Waals surface area contributed by atoms with E-state index in [2.05, 4.69) is 9.78 Å². The van der Waals surface area contributed by atoms with Gasteiger partial charge in [0.25, 0.3) is 0 Å². The molecule has 2 atom stereocenters. The Bertz CT molecular complexity index is 170. The third-order valence-corrected chi connectivity index (χ3v) is 2.18. The molecule has 82 valence electrons. The minimum Gasteiger partial charge on any atom is -0.387 e. The molecule has 0 aromatic carbocycles. The van der Waals surface area contributed by atoms with E-state index in [1.165, 1.54) is 13.8 Å². The highest BCUT2D eigenvalue weighted by Crippen LogP contribution is 2.37. The van der Waals surface area contributed by atoms with Crippen molar-refractivity contribution in [3.63, 3.8) is 0 Å². The molecule has 7 heteroatoms. The van der Waals surface area contributed by atoms with Gasteiger partial charge in [-0.1, -0.05) is 13.8 Å². The summed E-state index contributed by atoms with van der Waals surface area (Å²) in [4.78, 5) is 7.46. The minimum atomic E-state index is -1.93. The molecule has 4 N–H and O–H groups in total. The molecule has 0 heterocycles. The number of aliphatic hydroxyl groups excluding tert-OH is 1. The Morgan fingerprint density at radius 3 is 2.07 bits per heavy atom. The van der Waals surface area contributed by atoms with Crippen molar-refractivity contribution in [1.29, 1.82) is 0 Å². The number of rotatable bonds is 6. The van der Waals surface area contributed by atoms with Gasteiger partial charge in [-0.25, -0.2) is 9.78 Å². The highest BCUT2D eigenvalue weighted by molar-refractivity contribution is 6.15. The van der Waals surface area contributed by atoms with Gasteiger partial charge in [-0.15, -0.1) is 0 Å². The van der Waals surface area contributed by atoms with E-state index in [1.807, 2.05) is 0 Å². The second-order valence-electron chi connectivity index (χ2n) is 3.73. The van der Waals surface area contributed by atoms with E-state index in [1.54, 1.807) is 0 Å². The van der Waals surface area contributed by atoms with Crippen LogP contribution < -0.4 is 0 Å². The van der Waals surface area contributed by atoms with Crippen molar-refractivity contribution >= 4 is 7.85 Å². The van der Waals surface area contributed by atoms with Gasteiger partial charge in [0.05, 0.1) is 7.85 Å². The van der Waals surface area contributed by atoms with Crippen LogP contribution >= 0.6 is 0 Å². The largest absolute Gasteiger partial charge is 0.387 e. The summed E-state index contributed by atoms with van der Waals surface area (Å²) >= 11 is 0. The van der Waals surface area contributed by atoms with Crippen LogP contribution in [0.1, 0.15) is 13.8 Å². The molecular formula is C7H15BO6. The summed E-state index contributed by atoms with van der Waals surface area (Å²) in [7, 11) is 5.59. The van der Waals surface area contributed by atoms with Gasteiger partial charge in [-0.05, 0) is 5.31 Å². The Labute approximate surface area is 83.3 Å². The maximum Gasteiger partial charge on any atom is 0.116 e. The second kappa shape index (κ2) is 5.06. The summed E-state index contributed by atoms with van der Waals surface area (Å²) in [5.74, 6) is 0. The zero-order valence-corrected chi connectivity index (χ0v) is 8.17. The van der Waals surface area contributed by atoms with E-state index in [9.17, 15) is 10.2 Å². The molecule has 0 rings (SSSR count). The van der Waals surface area contributed by atoms with Gasteiger partial charge in [0.2, 0.25) is 0 Å². The first kappa shape index (κ1) is 13.8. The summed E-state index contributed by atoms with van der Waals surface area (Å²) in [5.41, 5.74) is -1.93. The zero-order chi connectivity index (χ0) is 11.4. The lowest BCUT2D eigenvalue weighted by atomic mass is 9.59. The molecule has 0 fully saturated rings. The molecule has 14 heavy (non-hydrogen) atoms. The predicted molar refractivity (Wildman–Crippen MR) is 47.9 cm³/mol. The Balaban J connectivity index is 4.70. The van der Waals surface area contributed by atoms with Crippen LogP contribution in [0.15, 0.2) is 0 Å². The summed E-state index contributed by atoms with van der Waals surface area (Å²) in [6.45, 7) is 1.74. The molecule has 0 saturated heterocycles. The van der Waals surface area contributed by atoms with E-state index < -0.39 is 30.2 Å². The third-order valence-electron chi connectivity index (χ3n) is 2.18. The monoisotopic (exact) mass is 206 g/mol. The van der Waals surface area contributed by atoms with Crippen molar-refractivity contribution in [2.24, 2.45) is 0 Å². The van der Waals surface area contributed by atoms with Gasteiger partial charge in [0.1, 0.15) is 24.9 Å². The molecule has 2 radical (unpaired) electrons. The molecule has 0 spiro atoms. The van der Waals surface area contributed by atoms with E-state index in [0.29, 0.717) is 0 Å². The van der Waals surface area contributed by atoms with Crippen LogP contribution in [0.2, 0.25) is 5.31 Å². The van der Waals surface area contributed by atoms with E-state index in [4.69, 9.17) is 18.4 Å². The standard InChI is InChI=1S/C7H15BO6/c1-6(2,8)7(10,4-14-12)5(9)3-13-11/h5,9-12H,3-4H2,1-2H3. The lowest BCUT2D eigenvalue weighted by molar-refractivity contribution is -0.309. The van der Waals surface area contributed by atoms with Crippen molar-refractivity contribution in [3.8, 4) is 0 Å². The summed E-state index contributed by atoms with van der Waals surface area (Å²) < 4.78 is 0. The van der Waals surface area contributed by atoms with E-state index in [-0.39, 0.29) is 0 Å². The van der Waals surface area contributed by atoms with Gasteiger partial charge >= 0.3 is 0 Å². The third kappa shape index (κ3) is 2.91. The van der Waals surface area contributed by atoms with Crippen molar-refractivity contribution in [2.75, 3.05) is 13.2 Å². The number of hydrogen-bond acceptors (Lipinski definition) is 6. The van der Waals surface area contributed by atoms with Gasteiger partial charge in [-0.2, -0.15) is 0 Å². The number of aliphatic hydroxyl groups is 2. The maximum absolute atomic E-state index is 9.90. The van der Waals surface area contributed by atoms with Crippen molar-refractivity contribution in [2.45, 2.75) is 30.9 Å². The van der Waals surface area contributed by atoms with Crippen LogP contribution in [0, 0.1) is 0 Å². The first-order valence-electron chi connectivity index (χ1n) is 4.01. The molecule has 0 aliphatic rings. The van der Waals surface area contributed by atoms with Gasteiger partial charge < -0.3 is 10.2 Å². The van der Waals surface area contributed by atoms with Crippen molar-refractivity contribution in [1.82, 2.24) is 0 Å². The molecule has 0 aromatic heterocycles. The van der Waals surface area contributed by atoms with Gasteiger partial charge in [0, 0.05) is 0 Å². The lowest BCUT2D eigenvalue weighted by Gasteiger charge is -2.42. The Morgan fingerprint density at radius 1 is 1.29 bits per heavy atom. The second-order valence-corrected chi connectivity index (χ2v) is 3.73. The molecule has 0 aromatic rings. The lowest BCUT2D eigenvalue weighted by Crippen LogP contribution is -2.55. The van der Waals surface area contributed by atoms with Crippen LogP contribution in [-0.4, -0.2) is 53.5 Å². The average molecular weight is 206 g/mol. The first-order chi connectivity index (χ1) is 6.29. The highest BCUT2D eigenvalue weighted by atomic mass is 17.1.